The standard InChI is InChI=1S/C5H3Cl2N3S/c6-4-1-3(2-9-10-8)5(7)11-4/h1H,2H2. The molecule has 1 aromatic rings. The van der Waals surface area contributed by atoms with Gasteiger partial charge in [0.2, 0.25) is 0 Å². The van der Waals surface area contributed by atoms with Crippen LogP contribution in [0.1, 0.15) is 5.56 Å². The van der Waals surface area contributed by atoms with Crippen LogP contribution in [0.5, 0.6) is 0 Å². The van der Waals surface area contributed by atoms with E-state index in [1.165, 1.54) is 11.3 Å². The van der Waals surface area contributed by atoms with E-state index in [2.05, 4.69) is 10.0 Å². The van der Waals surface area contributed by atoms with Crippen LogP contribution in [0.25, 0.3) is 10.4 Å². The van der Waals surface area contributed by atoms with Crippen molar-refractivity contribution in [2.45, 2.75) is 6.54 Å². The number of rotatable bonds is 2. The van der Waals surface area contributed by atoms with E-state index >= 15 is 0 Å². The Morgan fingerprint density at radius 1 is 1.64 bits per heavy atom. The molecule has 0 radical (unpaired) electrons. The fraction of sp³-hybridized carbons (Fsp3) is 0.200. The number of nitrogens with zero attached hydrogens (tertiary/aromatic N) is 3. The SMILES string of the molecule is [N-]=[N+]=NCc1cc(Cl)sc1Cl. The van der Waals surface area contributed by atoms with E-state index in [0.29, 0.717) is 8.67 Å². The van der Waals surface area contributed by atoms with Crippen molar-refractivity contribution >= 4 is 34.5 Å². The highest BCUT2D eigenvalue weighted by Crippen LogP contribution is 2.31. The molecule has 0 N–H and O–H groups in total. The lowest BCUT2D eigenvalue weighted by Crippen LogP contribution is -1.72. The number of azide groups is 1. The third kappa shape index (κ3) is 2.27. The Morgan fingerprint density at radius 2 is 2.36 bits per heavy atom. The third-order valence-corrected chi connectivity index (χ3v) is 2.60. The van der Waals surface area contributed by atoms with Crippen LogP contribution in [-0.4, -0.2) is 0 Å². The summed E-state index contributed by atoms with van der Waals surface area (Å²) in [4.78, 5) is 2.61. The summed E-state index contributed by atoms with van der Waals surface area (Å²) in [6.07, 6.45) is 0. The largest absolute Gasteiger partial charge is 0.111 e. The molecule has 0 aliphatic heterocycles. The zero-order valence-corrected chi connectivity index (χ0v) is 7.62. The van der Waals surface area contributed by atoms with Crippen molar-refractivity contribution < 1.29 is 0 Å². The molecule has 0 bridgehead atoms. The van der Waals surface area contributed by atoms with Gasteiger partial charge < -0.3 is 0 Å². The molecular formula is C5H3Cl2N3S. The zero-order valence-electron chi connectivity index (χ0n) is 5.29. The molecule has 0 saturated heterocycles. The summed E-state index contributed by atoms with van der Waals surface area (Å²) in [6.45, 7) is 0.262. The Bertz CT molecular complexity index is 303. The lowest BCUT2D eigenvalue weighted by atomic mass is 10.3. The average molecular weight is 208 g/mol. The fourth-order valence-corrected chi connectivity index (χ4v) is 2.06. The van der Waals surface area contributed by atoms with E-state index in [1.807, 2.05) is 0 Å². The predicted octanol–water partition coefficient (Wildman–Crippen LogP) is 3.87. The van der Waals surface area contributed by atoms with Crippen LogP contribution in [0.15, 0.2) is 11.2 Å². The van der Waals surface area contributed by atoms with Crippen LogP contribution in [0.2, 0.25) is 8.67 Å². The van der Waals surface area contributed by atoms with Crippen LogP contribution in [0, 0.1) is 0 Å². The Morgan fingerprint density at radius 3 is 2.82 bits per heavy atom. The van der Waals surface area contributed by atoms with Gasteiger partial charge in [-0.25, -0.2) is 0 Å². The third-order valence-electron chi connectivity index (χ3n) is 1.03. The van der Waals surface area contributed by atoms with Crippen molar-refractivity contribution in [1.82, 2.24) is 0 Å². The maximum Gasteiger partial charge on any atom is 0.0977 e. The summed E-state index contributed by atoms with van der Waals surface area (Å²) in [5, 5.41) is 3.36. The lowest BCUT2D eigenvalue weighted by Gasteiger charge is -1.86. The Labute approximate surface area is 77.2 Å². The van der Waals surface area contributed by atoms with Crippen LogP contribution >= 0.6 is 34.5 Å². The van der Waals surface area contributed by atoms with Crippen LogP contribution < -0.4 is 0 Å². The molecule has 3 nitrogen and oxygen atoms in total. The zero-order chi connectivity index (χ0) is 8.27. The van der Waals surface area contributed by atoms with Gasteiger partial charge >= 0.3 is 0 Å². The number of thiophene rings is 1. The first-order valence-corrected chi connectivity index (χ1v) is 4.26. The van der Waals surface area contributed by atoms with Gasteiger partial charge in [0.05, 0.1) is 15.2 Å². The first-order chi connectivity index (χ1) is 5.24. The molecule has 6 heteroatoms. The first kappa shape index (κ1) is 8.68. The maximum absolute atomic E-state index is 8.01. The molecule has 1 rings (SSSR count). The molecule has 0 aliphatic rings. The molecule has 58 valence electrons. The van der Waals surface area contributed by atoms with E-state index < -0.39 is 0 Å². The molecule has 1 aromatic heterocycles. The van der Waals surface area contributed by atoms with Crippen molar-refractivity contribution in [3.05, 3.63) is 30.7 Å². The Balaban J connectivity index is 2.85. The molecular weight excluding hydrogens is 205 g/mol. The van der Waals surface area contributed by atoms with Crippen molar-refractivity contribution in [2.24, 2.45) is 5.11 Å². The minimum Gasteiger partial charge on any atom is -0.111 e. The van der Waals surface area contributed by atoms with Gasteiger partial charge in [-0.3, -0.25) is 0 Å². The summed E-state index contributed by atoms with van der Waals surface area (Å²) in [7, 11) is 0. The normalized spacial score (nSPS) is 9.27. The summed E-state index contributed by atoms with van der Waals surface area (Å²) in [5.74, 6) is 0. The molecule has 0 saturated carbocycles. The van der Waals surface area contributed by atoms with Crippen molar-refractivity contribution in [3.8, 4) is 0 Å². The Kier molecular flexibility index (Phi) is 3.02. The van der Waals surface area contributed by atoms with E-state index in [0.717, 1.165) is 5.56 Å². The van der Waals surface area contributed by atoms with Gasteiger partial charge in [0.15, 0.2) is 0 Å². The first-order valence-electron chi connectivity index (χ1n) is 2.68. The molecule has 0 amide bonds. The summed E-state index contributed by atoms with van der Waals surface area (Å²) in [6, 6.07) is 1.70. The smallest absolute Gasteiger partial charge is 0.0977 e. The molecule has 0 spiro atoms. The Hall–Kier alpha value is -0.410. The summed E-state index contributed by atoms with van der Waals surface area (Å²) < 4.78 is 1.19. The molecule has 11 heavy (non-hydrogen) atoms. The average Bonchev–Trinajstić information content (AvgIpc) is 2.26. The highest BCUT2D eigenvalue weighted by atomic mass is 35.5. The predicted molar refractivity (Wildman–Crippen MR) is 47.2 cm³/mol. The summed E-state index contributed by atoms with van der Waals surface area (Å²) >= 11 is 12.6. The molecule has 0 unspecified atom stereocenters. The number of hydrogen-bond acceptors (Lipinski definition) is 2. The molecule has 0 aliphatic carbocycles. The minimum atomic E-state index is 0.262. The van der Waals surface area contributed by atoms with Crippen molar-refractivity contribution in [3.63, 3.8) is 0 Å². The van der Waals surface area contributed by atoms with Crippen LogP contribution in [0.3, 0.4) is 0 Å². The van der Waals surface area contributed by atoms with Crippen molar-refractivity contribution in [1.29, 1.82) is 0 Å². The topological polar surface area (TPSA) is 48.8 Å². The van der Waals surface area contributed by atoms with Gasteiger partial charge in [0.25, 0.3) is 0 Å². The van der Waals surface area contributed by atoms with Gasteiger partial charge in [-0.1, -0.05) is 28.3 Å². The van der Waals surface area contributed by atoms with Crippen LogP contribution in [0.4, 0.5) is 0 Å². The van der Waals surface area contributed by atoms with Gasteiger partial charge in [-0.15, -0.1) is 11.3 Å². The fourth-order valence-electron chi connectivity index (χ4n) is 0.590. The second-order valence-electron chi connectivity index (χ2n) is 1.74. The lowest BCUT2D eigenvalue weighted by molar-refractivity contribution is 1.06. The van der Waals surface area contributed by atoms with E-state index in [4.69, 9.17) is 28.7 Å². The number of halogens is 2. The second kappa shape index (κ2) is 3.83. The molecule has 1 heterocycles. The summed E-state index contributed by atoms with van der Waals surface area (Å²) in [5.41, 5.74) is 8.79. The quantitative estimate of drug-likeness (QED) is 0.402. The van der Waals surface area contributed by atoms with Crippen molar-refractivity contribution in [2.75, 3.05) is 0 Å². The van der Waals surface area contributed by atoms with E-state index in [9.17, 15) is 0 Å². The van der Waals surface area contributed by atoms with Gasteiger partial charge in [-0.2, -0.15) is 0 Å². The van der Waals surface area contributed by atoms with E-state index in [-0.39, 0.29) is 6.54 Å². The molecule has 0 aromatic carbocycles. The highest BCUT2D eigenvalue weighted by Gasteiger charge is 2.03. The maximum atomic E-state index is 8.01. The minimum absolute atomic E-state index is 0.262. The molecule has 0 atom stereocenters. The van der Waals surface area contributed by atoms with Gasteiger partial charge in [-0.05, 0) is 17.2 Å². The van der Waals surface area contributed by atoms with E-state index in [1.54, 1.807) is 6.07 Å². The number of hydrogen-bond donors (Lipinski definition) is 0. The van der Waals surface area contributed by atoms with Crippen LogP contribution in [-0.2, 0) is 6.54 Å². The molecule has 0 fully saturated rings. The van der Waals surface area contributed by atoms with Gasteiger partial charge in [0.1, 0.15) is 0 Å². The highest BCUT2D eigenvalue weighted by molar-refractivity contribution is 7.20. The van der Waals surface area contributed by atoms with Gasteiger partial charge in [0, 0.05) is 4.91 Å². The monoisotopic (exact) mass is 207 g/mol. The second-order valence-corrected chi connectivity index (χ2v) is 4.02.